The van der Waals surface area contributed by atoms with Crippen LogP contribution in [-0.4, -0.2) is 53.1 Å². The molecule has 0 atom stereocenters. The van der Waals surface area contributed by atoms with Crippen molar-refractivity contribution in [3.63, 3.8) is 0 Å². The number of ether oxygens (including phenoxy) is 6. The van der Waals surface area contributed by atoms with Crippen molar-refractivity contribution in [2.45, 2.75) is 6.92 Å². The summed E-state index contributed by atoms with van der Waals surface area (Å²) in [5, 5.41) is 4.01. The highest BCUT2D eigenvalue weighted by molar-refractivity contribution is 5.95. The number of amides is 1. The maximum absolute atomic E-state index is 12.7. The van der Waals surface area contributed by atoms with Gasteiger partial charge in [-0.05, 0) is 67.1 Å². The molecule has 0 spiro atoms. The van der Waals surface area contributed by atoms with Gasteiger partial charge in [0.05, 0.1) is 46.8 Å². The fraction of sp³-hybridized carbons (Fsp3) is 0.222. The predicted molar refractivity (Wildman–Crippen MR) is 137 cm³/mol. The van der Waals surface area contributed by atoms with Gasteiger partial charge in [0.15, 0.2) is 34.5 Å². The molecule has 0 radical (unpaired) electrons. The maximum atomic E-state index is 12.7. The van der Waals surface area contributed by atoms with Crippen molar-refractivity contribution in [2.24, 2.45) is 5.10 Å². The van der Waals surface area contributed by atoms with Crippen molar-refractivity contribution < 1.29 is 38.0 Å². The van der Waals surface area contributed by atoms with Gasteiger partial charge in [-0.2, -0.15) is 5.10 Å². The summed E-state index contributed by atoms with van der Waals surface area (Å²) in [7, 11) is 6.00. The summed E-state index contributed by atoms with van der Waals surface area (Å²) >= 11 is 0. The lowest BCUT2D eigenvalue weighted by Gasteiger charge is -2.12. The number of hydrogen-bond acceptors (Lipinski definition) is 9. The van der Waals surface area contributed by atoms with E-state index < -0.39 is 11.9 Å². The SMILES string of the molecule is CCOc1cc(/C=N/NC(=O)c2ccc(OC)c(OC)c2)ccc1OC(=O)c1ccc(OC)c(OC)c1. The van der Waals surface area contributed by atoms with Crippen LogP contribution >= 0.6 is 0 Å². The number of hydrazone groups is 1. The van der Waals surface area contributed by atoms with E-state index >= 15 is 0 Å². The van der Waals surface area contributed by atoms with Gasteiger partial charge in [0.25, 0.3) is 5.91 Å². The molecule has 10 heteroatoms. The molecule has 0 unspecified atom stereocenters. The number of hydrogen-bond donors (Lipinski definition) is 1. The van der Waals surface area contributed by atoms with Crippen molar-refractivity contribution in [1.29, 1.82) is 0 Å². The number of benzene rings is 3. The largest absolute Gasteiger partial charge is 0.493 e. The number of methoxy groups -OCH3 is 4. The van der Waals surface area contributed by atoms with E-state index in [1.54, 1.807) is 48.5 Å². The van der Waals surface area contributed by atoms with Gasteiger partial charge >= 0.3 is 5.97 Å². The van der Waals surface area contributed by atoms with E-state index in [0.717, 1.165) is 0 Å². The van der Waals surface area contributed by atoms with E-state index in [1.165, 1.54) is 40.7 Å². The highest BCUT2D eigenvalue weighted by Gasteiger charge is 2.16. The minimum absolute atomic E-state index is 0.230. The van der Waals surface area contributed by atoms with Gasteiger partial charge in [0.2, 0.25) is 0 Å². The summed E-state index contributed by atoms with van der Waals surface area (Å²) in [5.74, 6) is 1.39. The molecule has 1 N–H and O–H groups in total. The lowest BCUT2D eigenvalue weighted by Crippen LogP contribution is -2.17. The highest BCUT2D eigenvalue weighted by atomic mass is 16.6. The van der Waals surface area contributed by atoms with Gasteiger partial charge in [-0.3, -0.25) is 4.79 Å². The first-order chi connectivity index (χ1) is 17.9. The quantitative estimate of drug-likeness (QED) is 0.178. The molecule has 0 aliphatic carbocycles. The van der Waals surface area contributed by atoms with Crippen LogP contribution in [0.25, 0.3) is 0 Å². The summed E-state index contributed by atoms with van der Waals surface area (Å²) in [4.78, 5) is 25.2. The van der Waals surface area contributed by atoms with Crippen LogP contribution in [0, 0.1) is 0 Å². The Morgan fingerprint density at radius 1 is 0.730 bits per heavy atom. The molecule has 37 heavy (non-hydrogen) atoms. The zero-order valence-corrected chi connectivity index (χ0v) is 21.2. The molecular weight excluding hydrogens is 480 g/mol. The number of carbonyl (C=O) groups is 2. The minimum Gasteiger partial charge on any atom is -0.493 e. The average molecular weight is 509 g/mol. The maximum Gasteiger partial charge on any atom is 0.343 e. The molecule has 0 saturated carbocycles. The Balaban J connectivity index is 1.72. The van der Waals surface area contributed by atoms with E-state index in [-0.39, 0.29) is 11.3 Å². The van der Waals surface area contributed by atoms with Crippen LogP contribution in [0.4, 0.5) is 0 Å². The van der Waals surface area contributed by atoms with E-state index in [9.17, 15) is 9.59 Å². The molecule has 3 aromatic carbocycles. The zero-order valence-electron chi connectivity index (χ0n) is 21.2. The molecule has 0 aliphatic rings. The second-order valence-corrected chi connectivity index (χ2v) is 7.37. The third kappa shape index (κ3) is 6.69. The van der Waals surface area contributed by atoms with Crippen LogP contribution in [0.15, 0.2) is 59.7 Å². The Morgan fingerprint density at radius 2 is 1.30 bits per heavy atom. The topological polar surface area (TPSA) is 114 Å². The fourth-order valence-corrected chi connectivity index (χ4v) is 3.29. The van der Waals surface area contributed by atoms with Crippen molar-refractivity contribution in [3.05, 3.63) is 71.3 Å². The third-order valence-electron chi connectivity index (χ3n) is 5.11. The monoisotopic (exact) mass is 508 g/mol. The normalized spacial score (nSPS) is 10.5. The molecule has 3 aromatic rings. The minimum atomic E-state index is -0.592. The van der Waals surface area contributed by atoms with Crippen LogP contribution in [0.1, 0.15) is 33.2 Å². The van der Waals surface area contributed by atoms with Gasteiger partial charge in [-0.1, -0.05) is 0 Å². The molecule has 0 heterocycles. The van der Waals surface area contributed by atoms with Gasteiger partial charge in [-0.15, -0.1) is 0 Å². The smallest absolute Gasteiger partial charge is 0.343 e. The number of esters is 1. The van der Waals surface area contributed by atoms with Crippen molar-refractivity contribution in [3.8, 4) is 34.5 Å². The molecular formula is C27H28N2O8. The third-order valence-corrected chi connectivity index (χ3v) is 5.11. The second-order valence-electron chi connectivity index (χ2n) is 7.37. The average Bonchev–Trinajstić information content (AvgIpc) is 2.93. The van der Waals surface area contributed by atoms with Crippen LogP contribution < -0.4 is 33.8 Å². The van der Waals surface area contributed by atoms with E-state index in [0.29, 0.717) is 46.5 Å². The Hall–Kier alpha value is -4.73. The molecule has 1 amide bonds. The highest BCUT2D eigenvalue weighted by Crippen LogP contribution is 2.31. The van der Waals surface area contributed by atoms with Crippen LogP contribution in [0.5, 0.6) is 34.5 Å². The molecule has 0 fully saturated rings. The summed E-state index contributed by atoms with van der Waals surface area (Å²) in [6.07, 6.45) is 1.45. The number of nitrogens with zero attached hydrogens (tertiary/aromatic N) is 1. The molecule has 0 saturated heterocycles. The van der Waals surface area contributed by atoms with Gasteiger partial charge in [0.1, 0.15) is 0 Å². The predicted octanol–water partition coefficient (Wildman–Crippen LogP) is 4.10. The van der Waals surface area contributed by atoms with Gasteiger partial charge < -0.3 is 28.4 Å². The summed E-state index contributed by atoms with van der Waals surface area (Å²) in [6.45, 7) is 2.15. The number of nitrogens with one attached hydrogen (secondary N) is 1. The zero-order chi connectivity index (χ0) is 26.8. The van der Waals surface area contributed by atoms with Crippen LogP contribution in [-0.2, 0) is 0 Å². The lowest BCUT2D eigenvalue weighted by molar-refractivity contribution is 0.0727. The molecule has 10 nitrogen and oxygen atoms in total. The molecule has 0 bridgehead atoms. The number of carbonyl (C=O) groups excluding carboxylic acids is 2. The van der Waals surface area contributed by atoms with E-state index in [2.05, 4.69) is 10.5 Å². The van der Waals surface area contributed by atoms with Gasteiger partial charge in [-0.25, -0.2) is 10.2 Å². The Labute approximate surface area is 214 Å². The van der Waals surface area contributed by atoms with Crippen LogP contribution in [0.3, 0.4) is 0 Å². The molecule has 0 aromatic heterocycles. The second kappa shape index (κ2) is 12.8. The fourth-order valence-electron chi connectivity index (χ4n) is 3.29. The number of rotatable bonds is 11. The molecule has 0 aliphatic heterocycles. The van der Waals surface area contributed by atoms with E-state index in [1.807, 2.05) is 6.92 Å². The van der Waals surface area contributed by atoms with Crippen molar-refractivity contribution in [1.82, 2.24) is 5.43 Å². The van der Waals surface area contributed by atoms with Gasteiger partial charge in [0, 0.05) is 5.56 Å². The standard InChI is InChI=1S/C27H28N2O8/c1-6-36-25-13-17(16-28-29-26(30)18-8-11-20(32-2)23(14-18)34-4)7-10-22(25)37-27(31)19-9-12-21(33-3)24(15-19)35-5/h7-16H,6H2,1-5H3,(H,29,30)/b28-16+. The first-order valence-electron chi connectivity index (χ1n) is 11.2. The first kappa shape index (κ1) is 26.9. The Bertz CT molecular complexity index is 1290. The molecule has 3 rings (SSSR count). The van der Waals surface area contributed by atoms with E-state index in [4.69, 9.17) is 28.4 Å². The Kier molecular flexibility index (Phi) is 9.31. The van der Waals surface area contributed by atoms with Crippen LogP contribution in [0.2, 0.25) is 0 Å². The molecule has 194 valence electrons. The Morgan fingerprint density at radius 3 is 1.89 bits per heavy atom. The first-order valence-corrected chi connectivity index (χ1v) is 11.2. The van der Waals surface area contributed by atoms with Crippen molar-refractivity contribution in [2.75, 3.05) is 35.0 Å². The summed E-state index contributed by atoms with van der Waals surface area (Å²) in [6, 6.07) is 14.4. The summed E-state index contributed by atoms with van der Waals surface area (Å²) < 4.78 is 32.0. The summed E-state index contributed by atoms with van der Waals surface area (Å²) in [5.41, 5.74) is 3.71. The van der Waals surface area contributed by atoms with Crippen molar-refractivity contribution >= 4 is 18.1 Å². The lowest BCUT2D eigenvalue weighted by atomic mass is 10.2.